The zero-order valence-corrected chi connectivity index (χ0v) is 12.1. The summed E-state index contributed by atoms with van der Waals surface area (Å²) in [6.45, 7) is -0.463. The van der Waals surface area contributed by atoms with E-state index in [1.54, 1.807) is 0 Å². The minimum absolute atomic E-state index is 0.00816. The third-order valence-electron chi connectivity index (χ3n) is 3.30. The number of nitrogens with one attached hydrogen (secondary N) is 1. The number of hydrogen-bond acceptors (Lipinski definition) is 8. The van der Waals surface area contributed by atoms with E-state index < -0.39 is 36.7 Å². The minimum Gasteiger partial charge on any atom is -0.394 e. The predicted molar refractivity (Wildman–Crippen MR) is 73.3 cm³/mol. The Bertz CT molecular complexity index is 745. The number of anilines is 1. The van der Waals surface area contributed by atoms with Gasteiger partial charge in [-0.2, -0.15) is 4.98 Å². The molecule has 1 unspecified atom stereocenters. The zero-order valence-electron chi connectivity index (χ0n) is 10.5. The van der Waals surface area contributed by atoms with E-state index in [1.165, 1.54) is 4.57 Å². The van der Waals surface area contributed by atoms with Crippen LogP contribution in [0.25, 0.3) is 11.2 Å². The lowest BCUT2D eigenvalue weighted by molar-refractivity contribution is -0.0521. The molecule has 1 aliphatic heterocycles. The summed E-state index contributed by atoms with van der Waals surface area (Å²) in [5.41, 5.74) is 5.07. The molecule has 1 fully saturated rings. The number of fused-ring (bicyclic) bond motifs is 1. The molecular weight excluding hydrogens is 350 g/mol. The maximum absolute atomic E-state index is 11.8. The molecule has 0 saturated carbocycles. The normalized spacial score (nSPS) is 29.3. The zero-order chi connectivity index (χ0) is 15.3. The fourth-order valence-electron chi connectivity index (χ4n) is 2.29. The van der Waals surface area contributed by atoms with Crippen LogP contribution in [-0.4, -0.2) is 59.8 Å². The molecule has 114 valence electrons. The number of nitrogens with two attached hydrogens (primary N) is 1. The molecule has 3 heterocycles. The van der Waals surface area contributed by atoms with Crippen LogP contribution in [0.4, 0.5) is 5.95 Å². The minimum atomic E-state index is -1.32. The lowest BCUT2D eigenvalue weighted by Gasteiger charge is -2.17. The molecule has 0 spiro atoms. The van der Waals surface area contributed by atoms with Crippen molar-refractivity contribution in [2.24, 2.45) is 0 Å². The molecule has 2 aromatic heterocycles. The van der Waals surface area contributed by atoms with Gasteiger partial charge in [-0.3, -0.25) is 14.3 Å². The number of nitrogen functional groups attached to an aromatic ring is 1. The number of aliphatic hydroxyl groups excluding tert-OH is 3. The molecule has 0 aliphatic carbocycles. The van der Waals surface area contributed by atoms with Crippen molar-refractivity contribution < 1.29 is 20.1 Å². The van der Waals surface area contributed by atoms with E-state index in [1.807, 2.05) is 0 Å². The number of H-pyrrole nitrogens is 1. The van der Waals surface area contributed by atoms with Gasteiger partial charge >= 0.3 is 0 Å². The van der Waals surface area contributed by atoms with Crippen LogP contribution < -0.4 is 11.3 Å². The maximum atomic E-state index is 11.8. The molecule has 6 N–H and O–H groups in total. The van der Waals surface area contributed by atoms with Gasteiger partial charge in [0.2, 0.25) is 5.95 Å². The van der Waals surface area contributed by atoms with Crippen molar-refractivity contribution in [1.29, 1.82) is 0 Å². The van der Waals surface area contributed by atoms with E-state index in [-0.39, 0.29) is 21.8 Å². The molecule has 11 heteroatoms. The Morgan fingerprint density at radius 1 is 1.38 bits per heavy atom. The summed E-state index contributed by atoms with van der Waals surface area (Å²) in [5, 5.41) is 29.0. The number of aromatic nitrogens is 4. The third-order valence-corrected chi connectivity index (χ3v) is 3.86. The maximum Gasteiger partial charge on any atom is 0.280 e. The molecule has 2 aromatic rings. The Kier molecular flexibility index (Phi) is 3.45. The van der Waals surface area contributed by atoms with Gasteiger partial charge in [-0.1, -0.05) is 0 Å². The van der Waals surface area contributed by atoms with Crippen molar-refractivity contribution in [1.82, 2.24) is 19.5 Å². The number of aliphatic hydroxyl groups is 3. The van der Waals surface area contributed by atoms with Crippen molar-refractivity contribution in [3.8, 4) is 0 Å². The van der Waals surface area contributed by atoms with Crippen molar-refractivity contribution in [3.05, 3.63) is 15.1 Å². The van der Waals surface area contributed by atoms with E-state index in [0.717, 1.165) is 0 Å². The van der Waals surface area contributed by atoms with Crippen LogP contribution >= 0.6 is 15.9 Å². The van der Waals surface area contributed by atoms with Gasteiger partial charge in [0, 0.05) is 0 Å². The summed E-state index contributed by atoms with van der Waals surface area (Å²) >= 11 is 3.15. The largest absolute Gasteiger partial charge is 0.394 e. The van der Waals surface area contributed by atoms with E-state index in [2.05, 4.69) is 30.9 Å². The molecule has 3 rings (SSSR count). The Labute approximate surface area is 125 Å². The van der Waals surface area contributed by atoms with E-state index in [0.29, 0.717) is 0 Å². The van der Waals surface area contributed by atoms with Gasteiger partial charge in [0.05, 0.1) is 6.61 Å². The Morgan fingerprint density at radius 3 is 2.71 bits per heavy atom. The lowest BCUT2D eigenvalue weighted by atomic mass is 10.1. The van der Waals surface area contributed by atoms with Crippen LogP contribution in [0.2, 0.25) is 0 Å². The highest BCUT2D eigenvalue weighted by Gasteiger charge is 2.44. The Hall–Kier alpha value is -1.53. The van der Waals surface area contributed by atoms with Crippen LogP contribution in [0.3, 0.4) is 0 Å². The first-order valence-corrected chi connectivity index (χ1v) is 6.79. The van der Waals surface area contributed by atoms with Crippen LogP contribution in [0.15, 0.2) is 9.53 Å². The van der Waals surface area contributed by atoms with E-state index in [4.69, 9.17) is 15.6 Å². The molecule has 21 heavy (non-hydrogen) atoms. The first kappa shape index (κ1) is 14.4. The van der Waals surface area contributed by atoms with Gasteiger partial charge in [0.25, 0.3) is 5.56 Å². The summed E-state index contributed by atoms with van der Waals surface area (Å²) in [5.74, 6) is -0.118. The summed E-state index contributed by atoms with van der Waals surface area (Å²) in [6.07, 6.45) is -4.61. The SMILES string of the molecule is Nc1nc2c(nc(Br)n2[C@@H]2O[C@H](CO)[C@@H](O)C2O)c(=O)[nH]1. The molecule has 0 amide bonds. The van der Waals surface area contributed by atoms with Crippen molar-refractivity contribution >= 4 is 33.0 Å². The first-order chi connectivity index (χ1) is 9.93. The highest BCUT2D eigenvalue weighted by molar-refractivity contribution is 9.10. The summed E-state index contributed by atoms with van der Waals surface area (Å²) < 4.78 is 6.87. The predicted octanol–water partition coefficient (Wildman–Crippen LogP) is -1.92. The van der Waals surface area contributed by atoms with E-state index >= 15 is 0 Å². The molecule has 4 atom stereocenters. The van der Waals surface area contributed by atoms with Crippen LogP contribution in [0.5, 0.6) is 0 Å². The Balaban J connectivity index is 2.17. The monoisotopic (exact) mass is 361 g/mol. The van der Waals surface area contributed by atoms with Crippen LogP contribution in [0.1, 0.15) is 6.23 Å². The highest BCUT2D eigenvalue weighted by Crippen LogP contribution is 2.33. The first-order valence-electron chi connectivity index (χ1n) is 5.99. The lowest BCUT2D eigenvalue weighted by Crippen LogP contribution is -2.33. The van der Waals surface area contributed by atoms with Crippen molar-refractivity contribution in [2.75, 3.05) is 12.3 Å². The van der Waals surface area contributed by atoms with Gasteiger partial charge in [0.15, 0.2) is 22.1 Å². The second-order valence-electron chi connectivity index (χ2n) is 4.60. The quantitative estimate of drug-likeness (QED) is 0.387. The van der Waals surface area contributed by atoms with Gasteiger partial charge in [0.1, 0.15) is 18.3 Å². The number of nitrogens with zero attached hydrogens (tertiary/aromatic N) is 3. The Morgan fingerprint density at radius 2 is 2.10 bits per heavy atom. The molecule has 10 nitrogen and oxygen atoms in total. The topological polar surface area (TPSA) is 160 Å². The van der Waals surface area contributed by atoms with Crippen LogP contribution in [0, 0.1) is 0 Å². The molecule has 1 saturated heterocycles. The second kappa shape index (κ2) is 5.03. The third kappa shape index (κ3) is 2.13. The fourth-order valence-corrected chi connectivity index (χ4v) is 2.84. The van der Waals surface area contributed by atoms with E-state index in [9.17, 15) is 15.0 Å². The number of halogens is 1. The van der Waals surface area contributed by atoms with Gasteiger partial charge in [-0.15, -0.1) is 0 Å². The van der Waals surface area contributed by atoms with Crippen molar-refractivity contribution in [2.45, 2.75) is 24.5 Å². The highest BCUT2D eigenvalue weighted by atomic mass is 79.9. The standard InChI is InChI=1S/C10H12BrN5O5/c11-9-13-3-6(14-10(12)15-7(3)20)16(9)8-5(19)4(18)2(1-17)21-8/h2,4-5,8,17-19H,1H2,(H3,12,14,15,20)/t2-,4-,5?,8-/m1/s1. The average Bonchev–Trinajstić information content (AvgIpc) is 2.89. The molecule has 0 radical (unpaired) electrons. The summed E-state index contributed by atoms with van der Waals surface area (Å²) in [6, 6.07) is 0. The molecule has 1 aliphatic rings. The smallest absolute Gasteiger partial charge is 0.280 e. The number of ether oxygens (including phenoxy) is 1. The fraction of sp³-hybridized carbons (Fsp3) is 0.500. The average molecular weight is 362 g/mol. The molecule has 0 bridgehead atoms. The number of hydrogen-bond donors (Lipinski definition) is 5. The van der Waals surface area contributed by atoms with Crippen molar-refractivity contribution in [3.63, 3.8) is 0 Å². The summed E-state index contributed by atoms with van der Waals surface area (Å²) in [7, 11) is 0. The molecule has 0 aromatic carbocycles. The van der Waals surface area contributed by atoms with Gasteiger partial charge in [-0.05, 0) is 15.9 Å². The number of imidazole rings is 1. The van der Waals surface area contributed by atoms with Gasteiger partial charge in [-0.25, -0.2) is 4.98 Å². The summed E-state index contributed by atoms with van der Waals surface area (Å²) in [4.78, 5) is 22.0. The molecular formula is C10H12BrN5O5. The number of rotatable bonds is 2. The van der Waals surface area contributed by atoms with Crippen LogP contribution in [-0.2, 0) is 4.74 Å². The number of aromatic amines is 1. The second-order valence-corrected chi connectivity index (χ2v) is 5.31. The van der Waals surface area contributed by atoms with Gasteiger partial charge < -0.3 is 25.8 Å².